The van der Waals surface area contributed by atoms with Crippen LogP contribution in [0.4, 0.5) is 0 Å². The summed E-state index contributed by atoms with van der Waals surface area (Å²) in [4.78, 5) is 2.57. The molecule has 25 heavy (non-hydrogen) atoms. The summed E-state index contributed by atoms with van der Waals surface area (Å²) in [7, 11) is 0. The largest absolute Gasteiger partial charge is 0.307 e. The van der Waals surface area contributed by atoms with Crippen LogP contribution in [0.15, 0.2) is 54.6 Å². The number of rotatable bonds is 6. The molecule has 3 heteroatoms. The molecule has 1 aliphatic heterocycles. The topological polar surface area (TPSA) is 15.3 Å². The Balaban J connectivity index is 1.54. The number of piperidine rings is 1. The van der Waals surface area contributed by atoms with Crippen LogP contribution in [0, 0.1) is 5.92 Å². The Morgan fingerprint density at radius 2 is 1.64 bits per heavy atom. The molecular formula is C22H29ClN2. The van der Waals surface area contributed by atoms with Gasteiger partial charge in [-0.1, -0.05) is 67.9 Å². The van der Waals surface area contributed by atoms with Gasteiger partial charge in [0.15, 0.2) is 0 Å². The predicted molar refractivity (Wildman–Crippen MR) is 107 cm³/mol. The van der Waals surface area contributed by atoms with Crippen molar-refractivity contribution in [3.63, 3.8) is 0 Å². The maximum Gasteiger partial charge on any atom is 0.0406 e. The molecule has 3 rings (SSSR count). The molecule has 1 aliphatic rings. The van der Waals surface area contributed by atoms with Gasteiger partial charge in [-0.15, -0.1) is 0 Å². The molecule has 2 aromatic rings. The highest BCUT2D eigenvalue weighted by atomic mass is 35.5. The first-order valence-electron chi connectivity index (χ1n) is 9.39. The molecule has 2 nitrogen and oxygen atoms in total. The highest BCUT2D eigenvalue weighted by molar-refractivity contribution is 6.30. The van der Waals surface area contributed by atoms with E-state index in [4.69, 9.17) is 11.6 Å². The van der Waals surface area contributed by atoms with Crippen molar-refractivity contribution in [2.75, 3.05) is 13.1 Å². The maximum atomic E-state index is 6.04. The minimum absolute atomic E-state index is 0.392. The van der Waals surface area contributed by atoms with E-state index in [0.29, 0.717) is 18.0 Å². The third-order valence-corrected chi connectivity index (χ3v) is 5.40. The van der Waals surface area contributed by atoms with Crippen LogP contribution in [-0.4, -0.2) is 24.0 Å². The van der Waals surface area contributed by atoms with Crippen LogP contribution < -0.4 is 5.32 Å². The molecule has 0 aromatic heterocycles. The number of nitrogens with zero attached hydrogens (tertiary/aromatic N) is 1. The zero-order chi connectivity index (χ0) is 17.6. The van der Waals surface area contributed by atoms with E-state index in [0.717, 1.165) is 24.7 Å². The van der Waals surface area contributed by atoms with E-state index < -0.39 is 0 Å². The number of likely N-dealkylation sites (tertiary alicyclic amines) is 1. The van der Waals surface area contributed by atoms with E-state index in [-0.39, 0.29) is 0 Å². The molecule has 1 saturated heterocycles. The van der Waals surface area contributed by atoms with Gasteiger partial charge >= 0.3 is 0 Å². The van der Waals surface area contributed by atoms with Gasteiger partial charge in [0.2, 0.25) is 0 Å². The molecule has 1 N–H and O–H groups in total. The molecule has 0 saturated carbocycles. The lowest BCUT2D eigenvalue weighted by atomic mass is 9.93. The number of hydrogen-bond acceptors (Lipinski definition) is 2. The van der Waals surface area contributed by atoms with Crippen molar-refractivity contribution in [3.8, 4) is 0 Å². The van der Waals surface area contributed by atoms with Crippen molar-refractivity contribution < 1.29 is 0 Å². The van der Waals surface area contributed by atoms with Crippen LogP contribution in [0.1, 0.15) is 43.9 Å². The third kappa shape index (κ3) is 5.31. The molecule has 0 spiro atoms. The average Bonchev–Trinajstić information content (AvgIpc) is 2.63. The van der Waals surface area contributed by atoms with Crippen molar-refractivity contribution in [1.29, 1.82) is 0 Å². The van der Waals surface area contributed by atoms with Gasteiger partial charge < -0.3 is 5.32 Å². The number of nitrogens with one attached hydrogen (secondary N) is 1. The van der Waals surface area contributed by atoms with Crippen LogP contribution in [-0.2, 0) is 6.54 Å². The molecule has 0 bridgehead atoms. The predicted octanol–water partition coefficient (Wildman–Crippen LogP) is 5.29. The number of benzene rings is 2. The molecule has 134 valence electrons. The molecule has 2 aromatic carbocycles. The summed E-state index contributed by atoms with van der Waals surface area (Å²) in [6.45, 7) is 7.97. The summed E-state index contributed by atoms with van der Waals surface area (Å²) in [6.07, 6.45) is 2.42. The molecule has 1 fully saturated rings. The number of hydrogen-bond donors (Lipinski definition) is 1. The van der Waals surface area contributed by atoms with Crippen LogP contribution in [0.25, 0.3) is 0 Å². The summed E-state index contributed by atoms with van der Waals surface area (Å²) < 4.78 is 0. The molecule has 0 radical (unpaired) electrons. The fourth-order valence-corrected chi connectivity index (χ4v) is 3.82. The minimum atomic E-state index is 0.392. The Kier molecular flexibility index (Phi) is 6.52. The number of halogens is 1. The monoisotopic (exact) mass is 356 g/mol. The van der Waals surface area contributed by atoms with Gasteiger partial charge in [-0.25, -0.2) is 0 Å². The molecule has 0 aliphatic carbocycles. The maximum absolute atomic E-state index is 6.04. The van der Waals surface area contributed by atoms with Crippen molar-refractivity contribution >= 4 is 11.6 Å². The van der Waals surface area contributed by atoms with Gasteiger partial charge in [0, 0.05) is 23.7 Å². The van der Waals surface area contributed by atoms with Gasteiger partial charge in [0.05, 0.1) is 0 Å². The Morgan fingerprint density at radius 1 is 1.00 bits per heavy atom. The summed E-state index contributed by atoms with van der Waals surface area (Å²) in [5.41, 5.74) is 2.75. The van der Waals surface area contributed by atoms with Gasteiger partial charge in [-0.3, -0.25) is 4.90 Å². The fraction of sp³-hybridized carbons (Fsp3) is 0.455. The highest BCUT2D eigenvalue weighted by Gasteiger charge is 2.24. The summed E-state index contributed by atoms with van der Waals surface area (Å²) >= 11 is 6.04. The van der Waals surface area contributed by atoms with E-state index in [1.807, 2.05) is 12.1 Å². The van der Waals surface area contributed by atoms with E-state index >= 15 is 0 Å². The fourth-order valence-electron chi connectivity index (χ4n) is 3.70. The van der Waals surface area contributed by atoms with Crippen LogP contribution in [0.5, 0.6) is 0 Å². The zero-order valence-electron chi connectivity index (χ0n) is 15.3. The quantitative estimate of drug-likeness (QED) is 0.756. The Hall–Kier alpha value is -1.35. The van der Waals surface area contributed by atoms with Crippen LogP contribution >= 0.6 is 11.6 Å². The van der Waals surface area contributed by atoms with Crippen LogP contribution in [0.3, 0.4) is 0 Å². The second kappa shape index (κ2) is 8.84. The summed E-state index contributed by atoms with van der Waals surface area (Å²) in [6, 6.07) is 20.1. The van der Waals surface area contributed by atoms with Crippen molar-refractivity contribution in [1.82, 2.24) is 10.2 Å². The first kappa shape index (κ1) is 18.4. The highest BCUT2D eigenvalue weighted by Crippen LogP contribution is 2.26. The first-order chi connectivity index (χ1) is 12.1. The van der Waals surface area contributed by atoms with Gasteiger partial charge in [0.1, 0.15) is 0 Å². The standard InChI is InChI=1S/C22H29ClN2/c1-17(2)22(19-8-10-20(23)11-9-19)24-21-12-14-25(15-13-21)16-18-6-4-3-5-7-18/h3-11,17,21-22,24H,12-16H2,1-2H3. The lowest BCUT2D eigenvalue weighted by Crippen LogP contribution is -2.44. The van der Waals surface area contributed by atoms with Gasteiger partial charge in [-0.05, 0) is 55.1 Å². The molecular weight excluding hydrogens is 328 g/mol. The molecule has 1 unspecified atom stereocenters. The van der Waals surface area contributed by atoms with Crippen molar-refractivity contribution in [2.24, 2.45) is 5.92 Å². The molecule has 0 amide bonds. The van der Waals surface area contributed by atoms with E-state index in [9.17, 15) is 0 Å². The lowest BCUT2D eigenvalue weighted by molar-refractivity contribution is 0.178. The van der Waals surface area contributed by atoms with E-state index in [1.165, 1.54) is 24.0 Å². The minimum Gasteiger partial charge on any atom is -0.307 e. The zero-order valence-corrected chi connectivity index (χ0v) is 16.0. The summed E-state index contributed by atoms with van der Waals surface area (Å²) in [5, 5.41) is 4.71. The van der Waals surface area contributed by atoms with Crippen molar-refractivity contribution in [2.45, 2.75) is 45.3 Å². The average molecular weight is 357 g/mol. The van der Waals surface area contributed by atoms with E-state index in [2.05, 4.69) is 66.5 Å². The van der Waals surface area contributed by atoms with Crippen molar-refractivity contribution in [3.05, 3.63) is 70.7 Å². The molecule has 1 heterocycles. The van der Waals surface area contributed by atoms with E-state index in [1.54, 1.807) is 0 Å². The SMILES string of the molecule is CC(C)C(NC1CCN(Cc2ccccc2)CC1)c1ccc(Cl)cc1. The smallest absolute Gasteiger partial charge is 0.0406 e. The van der Waals surface area contributed by atoms with Gasteiger partial charge in [-0.2, -0.15) is 0 Å². The lowest BCUT2D eigenvalue weighted by Gasteiger charge is -2.36. The normalized spacial score (nSPS) is 17.8. The second-order valence-corrected chi connectivity index (χ2v) is 7.91. The van der Waals surface area contributed by atoms with Crippen LogP contribution in [0.2, 0.25) is 5.02 Å². The first-order valence-corrected chi connectivity index (χ1v) is 9.77. The third-order valence-electron chi connectivity index (χ3n) is 5.15. The Morgan fingerprint density at radius 3 is 2.24 bits per heavy atom. The van der Waals surface area contributed by atoms with Gasteiger partial charge in [0.25, 0.3) is 0 Å². The Bertz CT molecular complexity index is 631. The molecule has 1 atom stereocenters. The Labute approximate surface area is 157 Å². The second-order valence-electron chi connectivity index (χ2n) is 7.48. The summed E-state index contributed by atoms with van der Waals surface area (Å²) in [5.74, 6) is 0.559.